The van der Waals surface area contributed by atoms with Gasteiger partial charge in [-0.25, -0.2) is 0 Å². The summed E-state index contributed by atoms with van der Waals surface area (Å²) in [5.41, 5.74) is 0. The van der Waals surface area contributed by atoms with Gasteiger partial charge in [0.25, 0.3) is 0 Å². The lowest BCUT2D eigenvalue weighted by atomic mass is 10.1. The zero-order chi connectivity index (χ0) is 10.8. The zero-order valence-electron chi connectivity index (χ0n) is 8.58. The molecule has 1 atom stereocenters. The van der Waals surface area contributed by atoms with Crippen LogP contribution in [0.5, 0.6) is 0 Å². The van der Waals surface area contributed by atoms with E-state index in [9.17, 15) is 9.59 Å². The van der Waals surface area contributed by atoms with Gasteiger partial charge in [0.05, 0.1) is 0 Å². The summed E-state index contributed by atoms with van der Waals surface area (Å²) >= 11 is 0. The summed E-state index contributed by atoms with van der Waals surface area (Å²) in [5.74, 6) is -0.892. The van der Waals surface area contributed by atoms with E-state index < -0.39 is 12.0 Å². The minimum Gasteiger partial charge on any atom is -0.480 e. The van der Waals surface area contributed by atoms with E-state index in [4.69, 9.17) is 5.11 Å². The number of nitrogens with one attached hydrogen (secondary N) is 1. The van der Waals surface area contributed by atoms with Crippen molar-refractivity contribution in [2.24, 2.45) is 0 Å². The first-order chi connectivity index (χ1) is 6.72. The molecule has 81 valence electrons. The van der Waals surface area contributed by atoms with E-state index in [0.29, 0.717) is 13.0 Å². The molecule has 2 N–H and O–H groups in total. The number of carboxylic acids is 1. The van der Waals surface area contributed by atoms with Crippen molar-refractivity contribution in [1.82, 2.24) is 5.32 Å². The molecule has 1 unspecified atom stereocenters. The molecule has 4 heteroatoms. The van der Waals surface area contributed by atoms with E-state index in [1.807, 2.05) is 0 Å². The van der Waals surface area contributed by atoms with Crippen molar-refractivity contribution < 1.29 is 14.7 Å². The van der Waals surface area contributed by atoms with Crippen LogP contribution in [-0.2, 0) is 9.59 Å². The lowest BCUT2D eigenvalue weighted by Crippen LogP contribution is -2.37. The molecule has 0 heterocycles. The quantitative estimate of drug-likeness (QED) is 0.547. The molecule has 4 nitrogen and oxygen atoms in total. The Balaban J connectivity index is 3.62. The number of hydrogen-bond acceptors (Lipinski definition) is 3. The topological polar surface area (TPSA) is 66.4 Å². The summed E-state index contributed by atoms with van der Waals surface area (Å²) in [6, 6.07) is -0.603. The molecule has 0 aliphatic carbocycles. The number of aliphatic carboxylic acids is 1. The Morgan fingerprint density at radius 3 is 2.71 bits per heavy atom. The predicted molar refractivity (Wildman–Crippen MR) is 53.9 cm³/mol. The molecule has 0 rings (SSSR count). The molecule has 0 aromatic heterocycles. The highest BCUT2D eigenvalue weighted by atomic mass is 16.4. The Morgan fingerprint density at radius 2 is 2.21 bits per heavy atom. The van der Waals surface area contributed by atoms with Gasteiger partial charge in [-0.1, -0.05) is 19.8 Å². The molecule has 0 fully saturated rings. The van der Waals surface area contributed by atoms with Gasteiger partial charge in [-0.15, -0.1) is 0 Å². The van der Waals surface area contributed by atoms with Gasteiger partial charge in [-0.05, 0) is 19.4 Å². The van der Waals surface area contributed by atoms with Crippen molar-refractivity contribution in [2.75, 3.05) is 6.54 Å². The van der Waals surface area contributed by atoms with Gasteiger partial charge < -0.3 is 10.4 Å². The average molecular weight is 200 g/mol. The minimum absolute atomic E-state index is 0.178. The fourth-order valence-electron chi connectivity index (χ4n) is 1.17. The maximum absolute atomic E-state index is 10.7. The van der Waals surface area contributed by atoms with Crippen LogP contribution in [0, 0.1) is 0 Å². The van der Waals surface area contributed by atoms with Crippen molar-refractivity contribution in [1.29, 1.82) is 0 Å². The van der Waals surface area contributed by atoms with Crippen molar-refractivity contribution in [3.05, 3.63) is 0 Å². The molecule has 0 spiro atoms. The van der Waals surface area contributed by atoms with Crippen molar-refractivity contribution in [3.63, 3.8) is 0 Å². The van der Waals surface area contributed by atoms with Gasteiger partial charge in [0.2, 0.25) is 0 Å². The van der Waals surface area contributed by atoms with Crippen LogP contribution in [0.4, 0.5) is 0 Å². The fourth-order valence-corrected chi connectivity index (χ4v) is 1.17. The number of carbonyl (C=O) groups is 1. The first-order valence-electron chi connectivity index (χ1n) is 5.03. The van der Waals surface area contributed by atoms with Gasteiger partial charge in [0.1, 0.15) is 6.04 Å². The van der Waals surface area contributed by atoms with E-state index in [1.165, 1.54) is 0 Å². The largest absolute Gasteiger partial charge is 0.480 e. The SMILES string of the molecule is CCCCCNC(CC[C]=O)C(=O)O. The lowest BCUT2D eigenvalue weighted by molar-refractivity contribution is -0.139. The molecule has 0 saturated carbocycles. The minimum atomic E-state index is -0.892. The molecule has 0 aromatic rings. The highest BCUT2D eigenvalue weighted by molar-refractivity contribution is 5.73. The average Bonchev–Trinajstić information content (AvgIpc) is 2.16. The van der Waals surface area contributed by atoms with Crippen LogP contribution in [0.2, 0.25) is 0 Å². The van der Waals surface area contributed by atoms with E-state index in [1.54, 1.807) is 6.29 Å². The maximum atomic E-state index is 10.7. The highest BCUT2D eigenvalue weighted by Gasteiger charge is 2.15. The molecule has 1 radical (unpaired) electrons. The number of rotatable bonds is 9. The van der Waals surface area contributed by atoms with Crippen LogP contribution in [0.25, 0.3) is 0 Å². The Hall–Kier alpha value is -0.900. The second-order valence-electron chi connectivity index (χ2n) is 3.24. The summed E-state index contributed by atoms with van der Waals surface area (Å²) in [4.78, 5) is 20.6. The Labute approximate surface area is 84.7 Å². The van der Waals surface area contributed by atoms with Crippen LogP contribution >= 0.6 is 0 Å². The molecule has 0 amide bonds. The molecule has 0 saturated heterocycles. The number of hydrogen-bond donors (Lipinski definition) is 2. The van der Waals surface area contributed by atoms with Crippen molar-refractivity contribution >= 4 is 12.3 Å². The number of carboxylic acid groups (broad SMARTS) is 1. The standard InChI is InChI=1S/C10H18NO3/c1-2-3-4-7-11-9(10(13)14)6-5-8-12/h9,11H,2-7H2,1H3,(H,13,14). The first kappa shape index (κ1) is 13.1. The normalized spacial score (nSPS) is 12.4. The fraction of sp³-hybridized carbons (Fsp3) is 0.800. The number of unbranched alkanes of at least 4 members (excludes halogenated alkanes) is 2. The Morgan fingerprint density at radius 1 is 1.50 bits per heavy atom. The third kappa shape index (κ3) is 6.60. The van der Waals surface area contributed by atoms with Crippen LogP contribution < -0.4 is 5.32 Å². The van der Waals surface area contributed by atoms with E-state index in [0.717, 1.165) is 19.3 Å². The molecule has 0 aliphatic heterocycles. The third-order valence-corrected chi connectivity index (χ3v) is 2.00. The van der Waals surface area contributed by atoms with Crippen molar-refractivity contribution in [3.8, 4) is 0 Å². The van der Waals surface area contributed by atoms with Crippen LogP contribution in [0.15, 0.2) is 0 Å². The summed E-state index contributed by atoms with van der Waals surface area (Å²) in [6.07, 6.45) is 5.39. The van der Waals surface area contributed by atoms with Gasteiger partial charge in [-0.2, -0.15) is 0 Å². The summed E-state index contributed by atoms with van der Waals surface area (Å²) in [7, 11) is 0. The van der Waals surface area contributed by atoms with Gasteiger partial charge in [0.15, 0.2) is 6.29 Å². The summed E-state index contributed by atoms with van der Waals surface area (Å²) in [5, 5.41) is 11.7. The zero-order valence-corrected chi connectivity index (χ0v) is 8.58. The van der Waals surface area contributed by atoms with Crippen molar-refractivity contribution in [2.45, 2.75) is 45.1 Å². The second-order valence-corrected chi connectivity index (χ2v) is 3.24. The second kappa shape index (κ2) is 8.69. The van der Waals surface area contributed by atoms with Crippen LogP contribution in [-0.4, -0.2) is 29.9 Å². The van der Waals surface area contributed by atoms with Gasteiger partial charge in [-0.3, -0.25) is 9.59 Å². The first-order valence-corrected chi connectivity index (χ1v) is 5.03. The molecular formula is C10H18NO3. The third-order valence-electron chi connectivity index (χ3n) is 2.00. The van der Waals surface area contributed by atoms with E-state index in [-0.39, 0.29) is 6.42 Å². The molecule has 0 aliphatic rings. The monoisotopic (exact) mass is 200 g/mol. The van der Waals surface area contributed by atoms with E-state index >= 15 is 0 Å². The summed E-state index contributed by atoms with van der Waals surface area (Å²) < 4.78 is 0. The lowest BCUT2D eigenvalue weighted by Gasteiger charge is -2.12. The molecule has 0 bridgehead atoms. The van der Waals surface area contributed by atoms with Gasteiger partial charge in [0, 0.05) is 6.42 Å². The highest BCUT2D eigenvalue weighted by Crippen LogP contribution is 1.97. The Bertz CT molecular complexity index is 171. The van der Waals surface area contributed by atoms with Gasteiger partial charge >= 0.3 is 5.97 Å². The molecule has 14 heavy (non-hydrogen) atoms. The molecule has 0 aromatic carbocycles. The Kier molecular flexibility index (Phi) is 8.13. The summed E-state index contributed by atoms with van der Waals surface area (Å²) in [6.45, 7) is 2.79. The van der Waals surface area contributed by atoms with Crippen LogP contribution in [0.3, 0.4) is 0 Å². The maximum Gasteiger partial charge on any atom is 0.320 e. The van der Waals surface area contributed by atoms with Crippen LogP contribution in [0.1, 0.15) is 39.0 Å². The smallest absolute Gasteiger partial charge is 0.320 e. The molecular weight excluding hydrogens is 182 g/mol. The predicted octanol–water partition coefficient (Wildman–Crippen LogP) is 1.11. The number of carbonyl (C=O) groups excluding carboxylic acids is 1. The van der Waals surface area contributed by atoms with E-state index in [2.05, 4.69) is 12.2 Å².